The lowest BCUT2D eigenvalue weighted by Gasteiger charge is -2.12. The molecule has 0 amide bonds. The first-order chi connectivity index (χ1) is 6.72. The van der Waals surface area contributed by atoms with Gasteiger partial charge in [-0.1, -0.05) is 11.6 Å². The average Bonchev–Trinajstić information content (AvgIpc) is 2.18. The number of aliphatic hydroxyl groups excluding tert-OH is 1. The van der Waals surface area contributed by atoms with Gasteiger partial charge in [-0.3, -0.25) is 0 Å². The molecule has 4 nitrogen and oxygen atoms in total. The summed E-state index contributed by atoms with van der Waals surface area (Å²) in [6.45, 7) is 2.24. The van der Waals surface area contributed by atoms with Gasteiger partial charge in [-0.15, -0.1) is 0 Å². The average molecular weight is 216 g/mol. The number of nitrogens with one attached hydrogen (secondary N) is 1. The maximum atomic E-state index is 8.64. The van der Waals surface area contributed by atoms with Crippen LogP contribution in [-0.4, -0.2) is 27.7 Å². The summed E-state index contributed by atoms with van der Waals surface area (Å²) in [6.07, 6.45) is 4.77. The van der Waals surface area contributed by atoms with Crippen molar-refractivity contribution in [3.8, 4) is 0 Å². The number of aliphatic hydroxyl groups is 1. The summed E-state index contributed by atoms with van der Waals surface area (Å²) in [5, 5.41) is 12.3. The minimum atomic E-state index is 0.216. The Morgan fingerprint density at radius 1 is 1.50 bits per heavy atom. The second kappa shape index (κ2) is 5.78. The van der Waals surface area contributed by atoms with Crippen LogP contribution in [0.15, 0.2) is 12.4 Å². The third kappa shape index (κ3) is 3.89. The standard InChI is InChI=1S/C9H14ClN3O/c1-7(3-2-4-14)13-9-11-5-8(10)6-12-9/h5-7,14H,2-4H2,1H3,(H,11,12,13). The third-order valence-corrected chi connectivity index (χ3v) is 1.99. The molecule has 1 atom stereocenters. The van der Waals surface area contributed by atoms with Gasteiger partial charge in [-0.25, -0.2) is 9.97 Å². The van der Waals surface area contributed by atoms with Crippen molar-refractivity contribution < 1.29 is 5.11 Å². The summed E-state index contributed by atoms with van der Waals surface area (Å²) < 4.78 is 0. The van der Waals surface area contributed by atoms with Gasteiger partial charge < -0.3 is 10.4 Å². The number of hydrogen-bond acceptors (Lipinski definition) is 4. The highest BCUT2D eigenvalue weighted by atomic mass is 35.5. The second-order valence-corrected chi connectivity index (χ2v) is 3.57. The van der Waals surface area contributed by atoms with E-state index in [9.17, 15) is 0 Å². The molecular weight excluding hydrogens is 202 g/mol. The molecule has 0 aromatic carbocycles. The van der Waals surface area contributed by atoms with Crippen LogP contribution in [0.25, 0.3) is 0 Å². The molecule has 0 saturated heterocycles. The van der Waals surface area contributed by atoms with Gasteiger partial charge in [0.05, 0.1) is 17.4 Å². The first-order valence-corrected chi connectivity index (χ1v) is 4.95. The summed E-state index contributed by atoms with van der Waals surface area (Å²) in [6, 6.07) is 0.253. The number of nitrogens with zero attached hydrogens (tertiary/aromatic N) is 2. The Balaban J connectivity index is 2.39. The molecule has 0 fully saturated rings. The van der Waals surface area contributed by atoms with Gasteiger partial charge >= 0.3 is 0 Å². The molecule has 0 saturated carbocycles. The molecule has 0 aliphatic heterocycles. The van der Waals surface area contributed by atoms with Crippen LogP contribution in [0.4, 0.5) is 5.95 Å². The number of aromatic nitrogens is 2. The predicted molar refractivity (Wildman–Crippen MR) is 56.4 cm³/mol. The number of hydrogen-bond donors (Lipinski definition) is 2. The lowest BCUT2D eigenvalue weighted by molar-refractivity contribution is 0.282. The highest BCUT2D eigenvalue weighted by molar-refractivity contribution is 6.30. The topological polar surface area (TPSA) is 58.0 Å². The maximum absolute atomic E-state index is 8.64. The van der Waals surface area contributed by atoms with Gasteiger partial charge in [0.15, 0.2) is 0 Å². The predicted octanol–water partition coefficient (Wildman–Crippen LogP) is 1.70. The molecule has 1 unspecified atom stereocenters. The van der Waals surface area contributed by atoms with E-state index in [1.165, 1.54) is 0 Å². The fraction of sp³-hybridized carbons (Fsp3) is 0.556. The number of anilines is 1. The van der Waals surface area contributed by atoms with Crippen molar-refractivity contribution in [3.05, 3.63) is 17.4 Å². The minimum absolute atomic E-state index is 0.216. The molecule has 1 aromatic rings. The summed E-state index contributed by atoms with van der Waals surface area (Å²) in [4.78, 5) is 8.02. The molecule has 0 spiro atoms. The van der Waals surface area contributed by atoms with E-state index in [1.54, 1.807) is 12.4 Å². The van der Waals surface area contributed by atoms with E-state index in [-0.39, 0.29) is 12.6 Å². The Kier molecular flexibility index (Phi) is 4.62. The van der Waals surface area contributed by atoms with Crippen LogP contribution >= 0.6 is 11.6 Å². The van der Waals surface area contributed by atoms with Gasteiger partial charge in [0.1, 0.15) is 0 Å². The van der Waals surface area contributed by atoms with E-state index in [1.807, 2.05) is 6.92 Å². The summed E-state index contributed by atoms with van der Waals surface area (Å²) in [7, 11) is 0. The quantitative estimate of drug-likeness (QED) is 0.785. The van der Waals surface area contributed by atoms with Gasteiger partial charge in [0, 0.05) is 12.6 Å². The van der Waals surface area contributed by atoms with Crippen molar-refractivity contribution in [1.82, 2.24) is 9.97 Å². The van der Waals surface area contributed by atoms with Crippen LogP contribution in [0.2, 0.25) is 5.02 Å². The van der Waals surface area contributed by atoms with Crippen LogP contribution in [0.1, 0.15) is 19.8 Å². The van der Waals surface area contributed by atoms with Crippen molar-refractivity contribution in [3.63, 3.8) is 0 Å². The molecule has 14 heavy (non-hydrogen) atoms. The summed E-state index contributed by atoms with van der Waals surface area (Å²) >= 11 is 5.65. The molecule has 0 bridgehead atoms. The Morgan fingerprint density at radius 3 is 2.71 bits per heavy atom. The van der Waals surface area contributed by atoms with Crippen LogP contribution in [0, 0.1) is 0 Å². The van der Waals surface area contributed by atoms with Crippen LogP contribution in [0.3, 0.4) is 0 Å². The molecule has 2 N–H and O–H groups in total. The lowest BCUT2D eigenvalue weighted by atomic mass is 10.2. The normalized spacial score (nSPS) is 12.5. The summed E-state index contributed by atoms with van der Waals surface area (Å²) in [5.74, 6) is 0.569. The van der Waals surface area contributed by atoms with Crippen LogP contribution in [0.5, 0.6) is 0 Å². The highest BCUT2D eigenvalue weighted by Crippen LogP contribution is 2.08. The zero-order valence-corrected chi connectivity index (χ0v) is 8.83. The number of rotatable bonds is 5. The van der Waals surface area contributed by atoms with Crippen molar-refractivity contribution in [2.24, 2.45) is 0 Å². The van der Waals surface area contributed by atoms with Gasteiger partial charge in [0.25, 0.3) is 0 Å². The monoisotopic (exact) mass is 215 g/mol. The number of halogens is 1. The SMILES string of the molecule is CC(CCCO)Nc1ncc(Cl)cn1. The fourth-order valence-corrected chi connectivity index (χ4v) is 1.17. The van der Waals surface area contributed by atoms with E-state index in [4.69, 9.17) is 16.7 Å². The van der Waals surface area contributed by atoms with Crippen molar-refractivity contribution >= 4 is 17.5 Å². The molecule has 0 aliphatic carbocycles. The first-order valence-electron chi connectivity index (χ1n) is 4.57. The maximum Gasteiger partial charge on any atom is 0.222 e. The molecule has 1 rings (SSSR count). The van der Waals surface area contributed by atoms with E-state index >= 15 is 0 Å². The van der Waals surface area contributed by atoms with Crippen LogP contribution in [-0.2, 0) is 0 Å². The van der Waals surface area contributed by atoms with E-state index in [2.05, 4.69) is 15.3 Å². The highest BCUT2D eigenvalue weighted by Gasteiger charge is 2.02. The van der Waals surface area contributed by atoms with Crippen molar-refractivity contribution in [1.29, 1.82) is 0 Å². The molecule has 5 heteroatoms. The molecule has 0 radical (unpaired) electrons. The second-order valence-electron chi connectivity index (χ2n) is 3.14. The fourth-order valence-electron chi connectivity index (χ4n) is 1.08. The molecule has 1 heterocycles. The van der Waals surface area contributed by atoms with Gasteiger partial charge in [0.2, 0.25) is 5.95 Å². The molecule has 1 aromatic heterocycles. The van der Waals surface area contributed by atoms with Crippen LogP contribution < -0.4 is 5.32 Å². The van der Waals surface area contributed by atoms with Crippen molar-refractivity contribution in [2.75, 3.05) is 11.9 Å². The minimum Gasteiger partial charge on any atom is -0.396 e. The van der Waals surface area contributed by atoms with E-state index < -0.39 is 0 Å². The lowest BCUT2D eigenvalue weighted by Crippen LogP contribution is -2.17. The Bertz CT molecular complexity index is 265. The molecule has 0 aliphatic rings. The smallest absolute Gasteiger partial charge is 0.222 e. The Hall–Kier alpha value is -0.870. The summed E-state index contributed by atoms with van der Waals surface area (Å²) in [5.41, 5.74) is 0. The molecular formula is C9H14ClN3O. The zero-order chi connectivity index (χ0) is 10.4. The van der Waals surface area contributed by atoms with E-state index in [0.29, 0.717) is 11.0 Å². The largest absolute Gasteiger partial charge is 0.396 e. The van der Waals surface area contributed by atoms with E-state index in [0.717, 1.165) is 12.8 Å². The first kappa shape index (κ1) is 11.2. The Morgan fingerprint density at radius 2 is 2.14 bits per heavy atom. The zero-order valence-electron chi connectivity index (χ0n) is 8.07. The third-order valence-electron chi connectivity index (χ3n) is 1.79. The molecule has 78 valence electrons. The van der Waals surface area contributed by atoms with Crippen molar-refractivity contribution in [2.45, 2.75) is 25.8 Å². The Labute approximate surface area is 88.3 Å². The van der Waals surface area contributed by atoms with Gasteiger partial charge in [-0.05, 0) is 19.8 Å². The van der Waals surface area contributed by atoms with Gasteiger partial charge in [-0.2, -0.15) is 0 Å².